The Morgan fingerprint density at radius 2 is 0.847 bits per heavy atom. The summed E-state index contributed by atoms with van der Waals surface area (Å²) in [4.78, 5) is 60.2. The first kappa shape index (κ1) is 114. The molecule has 0 unspecified atom stereocenters. The minimum Gasteiger partial charge on any atom is -0.478 e. The Morgan fingerprint density at radius 1 is 0.410 bits per heavy atom. The minimum absolute atomic E-state index is 0.148. The number of aromatic carboxylic acids is 1. The fraction of sp³-hybridized carbons (Fsp3) is 0.210. The molecule has 1 fully saturated rings. The molecular weight excluding hydrogens is 1970 g/mol. The van der Waals surface area contributed by atoms with E-state index in [1.165, 1.54) is 100 Å². The van der Waals surface area contributed by atoms with Crippen molar-refractivity contribution < 1.29 is 27.9 Å². The summed E-state index contributed by atoms with van der Waals surface area (Å²) in [5.74, 6) is -0.695. The Bertz CT molecular complexity index is 7230. The number of halogens is 7. The van der Waals surface area contributed by atoms with E-state index in [0.29, 0.717) is 20.4 Å². The van der Waals surface area contributed by atoms with Crippen molar-refractivity contribution in [1.29, 1.82) is 0 Å². The van der Waals surface area contributed by atoms with Gasteiger partial charge in [-0.15, -0.1) is 11.3 Å². The maximum atomic E-state index is 12.4. The molecule has 746 valence electrons. The predicted molar refractivity (Wildman–Crippen MR) is 603 cm³/mol. The summed E-state index contributed by atoms with van der Waals surface area (Å²) in [5.41, 5.74) is 27.9. The van der Waals surface area contributed by atoms with Gasteiger partial charge < -0.3 is 29.9 Å². The number of alkyl halides is 3. The average Bonchev–Trinajstić information content (AvgIpc) is 1.48. The second-order valence-electron chi connectivity index (χ2n) is 36.1. The highest BCUT2D eigenvalue weighted by molar-refractivity contribution is 9.10. The second kappa shape index (κ2) is 56.4. The van der Waals surface area contributed by atoms with Gasteiger partial charge in [-0.05, 0) is 310 Å². The number of H-pyrrole nitrogens is 6. The number of carbonyl (C=O) groups excluding carboxylic acids is 1. The molecule has 21 rings (SSSR count). The highest BCUT2D eigenvalue weighted by Gasteiger charge is 2.30. The number of aryl methyl sites for hydroxylation is 15. The molecule has 16 nitrogen and oxygen atoms in total. The lowest BCUT2D eigenvalue weighted by Crippen LogP contribution is -2.48. The maximum Gasteiger partial charge on any atom is 0.416 e. The molecule has 1 aliphatic heterocycles. The van der Waals surface area contributed by atoms with Gasteiger partial charge in [0, 0.05) is 70.3 Å². The molecule has 20 aromatic rings. The van der Waals surface area contributed by atoms with Crippen LogP contribution < -0.4 is 5.69 Å². The molecule has 1 aliphatic rings. The van der Waals surface area contributed by atoms with E-state index < -0.39 is 17.7 Å². The van der Waals surface area contributed by atoms with Crippen molar-refractivity contribution >= 4 is 152 Å². The number of rotatable bonds is 4. The third-order valence-electron chi connectivity index (χ3n) is 22.3. The van der Waals surface area contributed by atoms with E-state index in [-0.39, 0.29) is 17.0 Å². The molecule has 25 heteroatoms. The number of fused-ring (bicyclic) bond motifs is 6. The highest BCUT2D eigenvalue weighted by Crippen LogP contribution is 2.30. The van der Waals surface area contributed by atoms with Gasteiger partial charge in [0.15, 0.2) is 4.77 Å². The van der Waals surface area contributed by atoms with Gasteiger partial charge in [0.2, 0.25) is 0 Å². The molecule has 7 N–H and O–H groups in total. The number of thiophene rings is 1. The van der Waals surface area contributed by atoms with Gasteiger partial charge >= 0.3 is 17.8 Å². The van der Waals surface area contributed by atoms with Crippen LogP contribution in [0.2, 0.25) is 15.1 Å². The van der Waals surface area contributed by atoms with Crippen LogP contribution in [0.3, 0.4) is 0 Å². The van der Waals surface area contributed by atoms with Crippen LogP contribution >= 0.6 is 74.3 Å². The molecule has 144 heavy (non-hydrogen) atoms. The average molecular weight is 2090 g/mol. The largest absolute Gasteiger partial charge is 0.478 e. The molecule has 0 bridgehead atoms. The second-order valence-corrected chi connectivity index (χ2v) is 40.0. The van der Waals surface area contributed by atoms with Crippen LogP contribution in [0.4, 0.5) is 13.2 Å². The number of aromatic nitrogens is 10. The number of aromatic amines is 6. The summed E-state index contributed by atoms with van der Waals surface area (Å²) in [6.07, 6.45) is 2.87. The van der Waals surface area contributed by atoms with Crippen LogP contribution in [0, 0.1) is 109 Å². The van der Waals surface area contributed by atoms with Crippen molar-refractivity contribution in [2.75, 3.05) is 26.2 Å². The van der Waals surface area contributed by atoms with E-state index >= 15 is 0 Å². The van der Waals surface area contributed by atoms with Crippen LogP contribution in [0.15, 0.2) is 337 Å². The standard InChI is InChI=1S/C17H20N2OS.C12H10O2.C11H16.C9H8N2.C9H12.C8H7F3.C8H8N2O.C8H8N2S.2C8H8N2.C7H7Br.C7H6Cl2.C7H7Cl/c1-14-7-8-16(21-14)17(20)19-11-9-18(10-12-19)13-15-5-3-2-4-6-15;1-8-2-3-10-7-11(12(13)14)5-4-9(10)6-8;1-9-5-7-10(8-6-9)11(2,3)4;1-7-2-3-8-9(6-7)11-5-4-10-8;1-7-4-5-8(2)9(3)6-7;1-6-2-4-7(5-3-6)8(9,10)11;2*1-5-2-3-6-7(4-5)10-8(11)9-6;1-6-2-3-8-7(4-6)5-9-10-8;1-6-2-3-7-5-9-10-8(7)4-6;1-6-2-4-7(8)5-3-6;1-5-2-3-6(8)7(9)4-5;1-6-2-4-7(8)5-3-6/h2-8H,9-13H2,1H3;2-7H,1H3,(H,13,14);5-8H,1-4H3;2-6H,1H3;4-6H,1-3H3;2-5H,1H3;2*2-4H,1H3,(H2,9,10,11);2*2-5H,1H3,(H,9,10);2-5H,1H3;2-4H,1H3;2-5H,1H3. The van der Waals surface area contributed by atoms with Gasteiger partial charge in [-0.3, -0.25) is 29.9 Å². The van der Waals surface area contributed by atoms with Crippen molar-refractivity contribution in [3.05, 3.63) is 473 Å². The summed E-state index contributed by atoms with van der Waals surface area (Å²) in [6, 6.07) is 97.9. The van der Waals surface area contributed by atoms with Crippen molar-refractivity contribution in [1.82, 2.24) is 60.1 Å². The number of carboxylic acid groups (broad SMARTS) is 1. The van der Waals surface area contributed by atoms with E-state index in [1.807, 2.05) is 198 Å². The van der Waals surface area contributed by atoms with Crippen molar-refractivity contribution in [2.45, 2.75) is 143 Å². The Balaban J connectivity index is 0.000000175. The highest BCUT2D eigenvalue weighted by atomic mass is 79.9. The number of nitrogens with zero attached hydrogens (tertiary/aromatic N) is 6. The van der Waals surface area contributed by atoms with Gasteiger partial charge in [-0.1, -0.05) is 286 Å². The van der Waals surface area contributed by atoms with Crippen molar-refractivity contribution in [3.63, 3.8) is 0 Å². The van der Waals surface area contributed by atoms with Crippen molar-refractivity contribution in [3.8, 4) is 0 Å². The smallest absolute Gasteiger partial charge is 0.416 e. The fourth-order valence-corrected chi connectivity index (χ4v) is 15.8. The third-order valence-corrected chi connectivity index (χ3v) is 25.0. The van der Waals surface area contributed by atoms with Crippen LogP contribution in [0.5, 0.6) is 0 Å². The zero-order valence-corrected chi connectivity index (χ0v) is 90.0. The number of hydrogen-bond donors (Lipinski definition) is 7. The zero-order valence-electron chi connectivity index (χ0n) is 84.5. The van der Waals surface area contributed by atoms with Gasteiger partial charge in [-0.2, -0.15) is 23.4 Å². The Morgan fingerprint density at radius 3 is 1.38 bits per heavy atom. The van der Waals surface area contributed by atoms with Crippen LogP contribution in [-0.4, -0.2) is 103 Å². The molecule has 7 heterocycles. The van der Waals surface area contributed by atoms with Gasteiger partial charge in [0.1, 0.15) is 0 Å². The zero-order chi connectivity index (χ0) is 105. The minimum atomic E-state index is -4.21. The number of benzene rings is 14. The van der Waals surface area contributed by atoms with Crippen LogP contribution in [-0.2, 0) is 18.1 Å². The molecular formula is C119H125BrCl3F3N12O4S2. The molecule has 1 amide bonds. The first-order chi connectivity index (χ1) is 68.4. The van der Waals surface area contributed by atoms with E-state index in [9.17, 15) is 27.6 Å². The quantitative estimate of drug-likeness (QED) is 0.0826. The van der Waals surface area contributed by atoms with Crippen LogP contribution in [0.25, 0.3) is 65.7 Å². The monoisotopic (exact) mass is 2090 g/mol. The summed E-state index contributed by atoms with van der Waals surface area (Å²) < 4.78 is 37.6. The summed E-state index contributed by atoms with van der Waals surface area (Å²) >= 11 is 26.8. The SMILES string of the molecule is Cc1ccc(Br)cc1.Cc1ccc(C(=O)N2CCN(Cc3ccccc3)CC2)s1.Cc1ccc(C(C)(C)C)cc1.Cc1ccc(C(F)(F)F)cc1.Cc1ccc(C)c(C)c1.Cc1ccc(Cl)c(Cl)c1.Cc1ccc(Cl)cc1.Cc1ccc2[nH]c(=O)[nH]c2c1.Cc1ccc2[nH]c(=S)[nH]c2c1.Cc1ccc2[nH]ncc2c1.Cc1ccc2cc(C(=O)O)ccc2c1.Cc1ccc2cn[nH]c2c1.Cc1ccc2nccnc2c1. The lowest BCUT2D eigenvalue weighted by molar-refractivity contribution is -0.137. The molecule has 0 atom stereocenters. The summed E-state index contributed by atoms with van der Waals surface area (Å²) in [7, 11) is 0. The van der Waals surface area contributed by atoms with Gasteiger partial charge in [-0.25, -0.2) is 9.59 Å². The Labute approximate surface area is 874 Å². The third kappa shape index (κ3) is 39.6. The first-order valence-electron chi connectivity index (χ1n) is 46.8. The number of amides is 1. The first-order valence-corrected chi connectivity index (χ1v) is 49.9. The molecule has 6 aromatic heterocycles. The van der Waals surface area contributed by atoms with E-state index in [0.717, 1.165) is 131 Å². The number of imidazole rings is 2. The number of hydrogen-bond acceptors (Lipinski definition) is 10. The maximum absolute atomic E-state index is 12.4. The lowest BCUT2D eigenvalue weighted by atomic mass is 9.87. The van der Waals surface area contributed by atoms with Gasteiger partial charge in [0.25, 0.3) is 5.91 Å². The van der Waals surface area contributed by atoms with E-state index in [1.54, 1.807) is 48.9 Å². The molecule has 0 radical (unpaired) electrons. The topological polar surface area (TPSA) is 224 Å². The Hall–Kier alpha value is -13.7. The molecule has 1 saturated heterocycles. The van der Waals surface area contributed by atoms with Gasteiger partial charge in [0.05, 0.1) is 82.6 Å². The van der Waals surface area contributed by atoms with Crippen molar-refractivity contribution in [2.24, 2.45) is 0 Å². The molecule has 0 spiro atoms. The van der Waals surface area contributed by atoms with E-state index in [4.69, 9.17) is 52.1 Å². The number of nitrogens with one attached hydrogen (secondary N) is 6. The van der Waals surface area contributed by atoms with Crippen LogP contribution in [0.1, 0.15) is 140 Å². The normalized spacial score (nSPS) is 11.2. The fourth-order valence-electron chi connectivity index (χ4n) is 14.0. The van der Waals surface area contributed by atoms with E-state index in [2.05, 4.69) is 269 Å². The summed E-state index contributed by atoms with van der Waals surface area (Å²) in [5, 5.41) is 28.9. The molecule has 14 aromatic carbocycles. The Kier molecular flexibility index (Phi) is 44.6. The summed E-state index contributed by atoms with van der Waals surface area (Å²) in [6.45, 7) is 41.9. The molecule has 0 saturated carbocycles. The predicted octanol–water partition coefficient (Wildman–Crippen LogP) is 32.9. The number of piperazine rings is 1. The molecule has 0 aliphatic carbocycles. The number of carboxylic acids is 1. The lowest BCUT2D eigenvalue weighted by Gasteiger charge is -2.34. The number of carbonyl (C=O) groups is 2.